The molecule has 0 radical (unpaired) electrons. The first-order chi connectivity index (χ1) is 4.52. The van der Waals surface area contributed by atoms with Crippen molar-refractivity contribution in [3.63, 3.8) is 0 Å². The zero-order valence-corrected chi connectivity index (χ0v) is 8.52. The molecule has 0 aliphatic heterocycles. The van der Waals surface area contributed by atoms with E-state index in [0.29, 0.717) is 5.69 Å². The fourth-order valence-corrected chi connectivity index (χ4v) is 1.92. The first-order valence-corrected chi connectivity index (χ1v) is 4.34. The highest BCUT2D eigenvalue weighted by atomic mass is 79.9. The summed E-state index contributed by atoms with van der Waals surface area (Å²) in [6, 6.07) is 1.78. The maximum atomic E-state index is 5.57. The summed E-state index contributed by atoms with van der Waals surface area (Å²) in [6.45, 7) is 0. The molecule has 0 amide bonds. The van der Waals surface area contributed by atoms with Crippen molar-refractivity contribution in [2.75, 3.05) is 0 Å². The summed E-state index contributed by atoms with van der Waals surface area (Å²) in [5.41, 5.74) is 0.553. The van der Waals surface area contributed by atoms with Gasteiger partial charge in [0.05, 0.1) is 5.69 Å². The number of rotatable bonds is 0. The van der Waals surface area contributed by atoms with Crippen LogP contribution in [-0.2, 0) is 3.79 Å². The van der Waals surface area contributed by atoms with E-state index in [-0.39, 0.29) is 0 Å². The molecule has 1 aromatic rings. The van der Waals surface area contributed by atoms with E-state index >= 15 is 0 Å². The molecule has 1 rings (SSSR count). The average Bonchev–Trinajstić information content (AvgIpc) is 2.11. The Labute approximate surface area is 81.8 Å². The third-order valence-electron chi connectivity index (χ3n) is 0.980. The molecule has 1 nitrogen and oxygen atoms in total. The number of nitrogens with one attached hydrogen (secondary N) is 1. The first-order valence-electron chi connectivity index (χ1n) is 2.42. The van der Waals surface area contributed by atoms with Crippen LogP contribution in [0.25, 0.3) is 0 Å². The van der Waals surface area contributed by atoms with E-state index in [9.17, 15) is 0 Å². The van der Waals surface area contributed by atoms with Crippen LogP contribution in [0.1, 0.15) is 5.69 Å². The molecule has 0 saturated carbocycles. The van der Waals surface area contributed by atoms with Crippen LogP contribution in [0.3, 0.4) is 0 Å². The Morgan fingerprint density at radius 2 is 2.00 bits per heavy atom. The van der Waals surface area contributed by atoms with Gasteiger partial charge in [0.1, 0.15) is 0 Å². The molecule has 0 atom stereocenters. The van der Waals surface area contributed by atoms with Gasteiger partial charge in [-0.2, -0.15) is 0 Å². The molecule has 0 spiro atoms. The van der Waals surface area contributed by atoms with Crippen molar-refractivity contribution in [2.45, 2.75) is 3.79 Å². The average molecular weight is 263 g/mol. The third-order valence-corrected chi connectivity index (χ3v) is 2.21. The van der Waals surface area contributed by atoms with Gasteiger partial charge in [-0.05, 0) is 22.0 Å². The Bertz CT molecular complexity index is 227. The number of hydrogen-bond acceptors (Lipinski definition) is 0. The molecule has 0 aromatic carbocycles. The Hall–Kier alpha value is 0.630. The minimum atomic E-state index is -1.37. The fourth-order valence-electron chi connectivity index (χ4n) is 0.568. The number of aromatic amines is 1. The topological polar surface area (TPSA) is 15.8 Å². The molecule has 1 aromatic heterocycles. The normalized spacial score (nSPS) is 12.0. The number of hydrogen-bond donors (Lipinski definition) is 1. The van der Waals surface area contributed by atoms with Gasteiger partial charge in [-0.1, -0.05) is 34.8 Å². The van der Waals surface area contributed by atoms with E-state index < -0.39 is 3.79 Å². The smallest absolute Gasteiger partial charge is 0.231 e. The minimum Gasteiger partial charge on any atom is -0.361 e. The van der Waals surface area contributed by atoms with E-state index in [1.54, 1.807) is 12.3 Å². The number of alkyl halides is 3. The van der Waals surface area contributed by atoms with Crippen LogP contribution in [0.2, 0.25) is 0 Å². The summed E-state index contributed by atoms with van der Waals surface area (Å²) >= 11 is 19.9. The molecule has 0 unspecified atom stereocenters. The Balaban J connectivity index is 3.05. The SMILES string of the molecule is ClC(Cl)(Cl)c1[nH]ccc1Br. The lowest BCUT2D eigenvalue weighted by Gasteiger charge is -2.08. The van der Waals surface area contributed by atoms with Gasteiger partial charge in [0.15, 0.2) is 0 Å². The van der Waals surface area contributed by atoms with Gasteiger partial charge in [-0.25, -0.2) is 0 Å². The zero-order valence-electron chi connectivity index (χ0n) is 4.67. The zero-order chi connectivity index (χ0) is 7.78. The largest absolute Gasteiger partial charge is 0.361 e. The van der Waals surface area contributed by atoms with Crippen LogP contribution in [0, 0.1) is 0 Å². The number of aromatic nitrogens is 1. The van der Waals surface area contributed by atoms with Gasteiger partial charge in [0.25, 0.3) is 0 Å². The number of H-pyrrole nitrogens is 1. The second-order valence-electron chi connectivity index (χ2n) is 1.70. The van der Waals surface area contributed by atoms with Crippen molar-refractivity contribution in [3.05, 3.63) is 22.4 Å². The van der Waals surface area contributed by atoms with Crippen LogP contribution < -0.4 is 0 Å². The molecule has 0 aliphatic carbocycles. The summed E-state index contributed by atoms with van der Waals surface area (Å²) in [5, 5.41) is 0. The summed E-state index contributed by atoms with van der Waals surface area (Å²) in [7, 11) is 0. The monoisotopic (exact) mass is 261 g/mol. The Morgan fingerprint density at radius 3 is 2.20 bits per heavy atom. The standard InChI is InChI=1S/C5H3BrCl3N/c6-3-1-2-10-4(3)5(7,8)9/h1-2,10H. The molecule has 56 valence electrons. The molecular weight excluding hydrogens is 260 g/mol. The summed E-state index contributed by atoms with van der Waals surface area (Å²) in [5.74, 6) is 0. The van der Waals surface area contributed by atoms with Crippen molar-refractivity contribution < 1.29 is 0 Å². The van der Waals surface area contributed by atoms with E-state index in [1.165, 1.54) is 0 Å². The molecule has 1 heterocycles. The van der Waals surface area contributed by atoms with Crippen LogP contribution in [0.4, 0.5) is 0 Å². The molecular formula is C5H3BrCl3N. The minimum absolute atomic E-state index is 0.553. The highest BCUT2D eigenvalue weighted by Crippen LogP contribution is 2.40. The summed E-state index contributed by atoms with van der Waals surface area (Å²) in [6.07, 6.45) is 1.70. The lowest BCUT2D eigenvalue weighted by Crippen LogP contribution is -2.00. The van der Waals surface area contributed by atoms with Crippen molar-refractivity contribution in [2.24, 2.45) is 0 Å². The fraction of sp³-hybridized carbons (Fsp3) is 0.200. The van der Waals surface area contributed by atoms with Crippen LogP contribution in [-0.4, -0.2) is 4.98 Å². The van der Waals surface area contributed by atoms with Crippen LogP contribution >= 0.6 is 50.7 Å². The molecule has 0 fully saturated rings. The maximum absolute atomic E-state index is 5.57. The van der Waals surface area contributed by atoms with Gasteiger partial charge in [-0.3, -0.25) is 0 Å². The lowest BCUT2D eigenvalue weighted by atomic mass is 10.5. The molecule has 10 heavy (non-hydrogen) atoms. The highest BCUT2D eigenvalue weighted by Gasteiger charge is 2.26. The van der Waals surface area contributed by atoms with E-state index in [1.807, 2.05) is 0 Å². The van der Waals surface area contributed by atoms with Gasteiger partial charge in [-0.15, -0.1) is 0 Å². The van der Waals surface area contributed by atoms with E-state index in [4.69, 9.17) is 34.8 Å². The second-order valence-corrected chi connectivity index (χ2v) is 4.83. The van der Waals surface area contributed by atoms with E-state index in [0.717, 1.165) is 4.47 Å². The molecule has 0 aliphatic rings. The van der Waals surface area contributed by atoms with E-state index in [2.05, 4.69) is 20.9 Å². The lowest BCUT2D eigenvalue weighted by molar-refractivity contribution is 1.11. The van der Waals surface area contributed by atoms with Gasteiger partial charge >= 0.3 is 0 Å². The van der Waals surface area contributed by atoms with Gasteiger partial charge in [0.2, 0.25) is 3.79 Å². The molecule has 0 bridgehead atoms. The Kier molecular flexibility index (Phi) is 2.56. The summed E-state index contributed by atoms with van der Waals surface area (Å²) < 4.78 is -0.602. The Morgan fingerprint density at radius 1 is 1.40 bits per heavy atom. The van der Waals surface area contributed by atoms with Gasteiger partial charge < -0.3 is 4.98 Å². The highest BCUT2D eigenvalue weighted by molar-refractivity contribution is 9.10. The predicted octanol–water partition coefficient (Wildman–Crippen LogP) is 3.60. The molecule has 5 heteroatoms. The third kappa shape index (κ3) is 1.82. The second kappa shape index (κ2) is 2.94. The maximum Gasteiger partial charge on any atom is 0.231 e. The quantitative estimate of drug-likeness (QED) is 0.688. The van der Waals surface area contributed by atoms with Crippen molar-refractivity contribution in [1.29, 1.82) is 0 Å². The number of halogens is 4. The van der Waals surface area contributed by atoms with Crippen LogP contribution in [0.15, 0.2) is 16.7 Å². The summed E-state index contributed by atoms with van der Waals surface area (Å²) in [4.78, 5) is 2.80. The predicted molar refractivity (Wildman–Crippen MR) is 47.7 cm³/mol. The first kappa shape index (κ1) is 8.72. The van der Waals surface area contributed by atoms with Crippen molar-refractivity contribution in [1.82, 2.24) is 4.98 Å². The molecule has 1 N–H and O–H groups in total. The van der Waals surface area contributed by atoms with Gasteiger partial charge in [0, 0.05) is 10.7 Å². The van der Waals surface area contributed by atoms with Crippen LogP contribution in [0.5, 0.6) is 0 Å². The van der Waals surface area contributed by atoms with Crippen molar-refractivity contribution in [3.8, 4) is 0 Å². The molecule has 0 saturated heterocycles. The van der Waals surface area contributed by atoms with Crippen molar-refractivity contribution >= 4 is 50.7 Å².